The van der Waals surface area contributed by atoms with Crippen LogP contribution in [0, 0.1) is 28.6 Å². The lowest BCUT2D eigenvalue weighted by atomic mass is 9.48. The molecule has 0 aromatic heterocycles. The Morgan fingerprint density at radius 2 is 2.04 bits per heavy atom. The molecule has 0 heterocycles. The van der Waals surface area contributed by atoms with Crippen LogP contribution in [0.25, 0.3) is 0 Å². The zero-order chi connectivity index (χ0) is 16.9. The smallest absolute Gasteiger partial charge is 0.139 e. The van der Waals surface area contributed by atoms with Gasteiger partial charge in [0, 0.05) is 24.7 Å². The minimum Gasteiger partial charge on any atom is -0.300 e. The lowest BCUT2D eigenvalue weighted by Gasteiger charge is -2.56. The van der Waals surface area contributed by atoms with Gasteiger partial charge in [-0.05, 0) is 73.7 Å². The SMILES string of the molecule is CSCC[C@]12CCC(=O)CC1CC[C@@H]1C2=CC[C@]2(C)C(=O)CC[C@@H]12. The predicted octanol–water partition coefficient (Wildman–Crippen LogP) is 4.82. The van der Waals surface area contributed by atoms with Crippen LogP contribution in [0.2, 0.25) is 0 Å². The molecule has 0 aromatic rings. The summed E-state index contributed by atoms with van der Waals surface area (Å²) in [5.74, 6) is 3.92. The number of carbonyl (C=O) groups excluding carboxylic acids is 2. The highest BCUT2D eigenvalue weighted by molar-refractivity contribution is 7.98. The van der Waals surface area contributed by atoms with E-state index in [1.54, 1.807) is 5.57 Å². The highest BCUT2D eigenvalue weighted by atomic mass is 32.2. The Morgan fingerprint density at radius 1 is 1.21 bits per heavy atom. The van der Waals surface area contributed by atoms with Gasteiger partial charge in [0.2, 0.25) is 0 Å². The number of thioether (sulfide) groups is 1. The molecule has 0 radical (unpaired) electrons. The molecule has 4 aliphatic rings. The average molecular weight is 347 g/mol. The predicted molar refractivity (Wildman–Crippen MR) is 99.0 cm³/mol. The second-order valence-electron chi connectivity index (χ2n) is 8.87. The van der Waals surface area contributed by atoms with E-state index in [0.717, 1.165) is 38.5 Å². The largest absolute Gasteiger partial charge is 0.300 e. The molecule has 4 aliphatic carbocycles. The lowest BCUT2D eigenvalue weighted by Crippen LogP contribution is -2.49. The molecular formula is C21H30O2S. The zero-order valence-electron chi connectivity index (χ0n) is 15.1. The molecule has 0 aliphatic heterocycles. The quantitative estimate of drug-likeness (QED) is 0.687. The molecule has 5 atom stereocenters. The highest BCUT2D eigenvalue weighted by Gasteiger charge is 2.58. The molecule has 1 unspecified atom stereocenters. The second-order valence-corrected chi connectivity index (χ2v) is 9.86. The number of allylic oxidation sites excluding steroid dienone is 2. The first kappa shape index (κ1) is 16.9. The normalized spacial score (nSPS) is 44.6. The molecule has 0 amide bonds. The molecule has 3 fully saturated rings. The second kappa shape index (κ2) is 6.00. The summed E-state index contributed by atoms with van der Waals surface area (Å²) in [6.07, 6.45) is 13.8. The van der Waals surface area contributed by atoms with Crippen molar-refractivity contribution in [2.75, 3.05) is 12.0 Å². The van der Waals surface area contributed by atoms with Gasteiger partial charge in [-0.3, -0.25) is 9.59 Å². The van der Waals surface area contributed by atoms with Crippen LogP contribution in [-0.4, -0.2) is 23.6 Å². The van der Waals surface area contributed by atoms with E-state index in [1.165, 1.54) is 25.0 Å². The molecule has 24 heavy (non-hydrogen) atoms. The van der Waals surface area contributed by atoms with E-state index >= 15 is 0 Å². The van der Waals surface area contributed by atoms with E-state index in [-0.39, 0.29) is 10.8 Å². The van der Waals surface area contributed by atoms with Crippen molar-refractivity contribution in [3.63, 3.8) is 0 Å². The Labute approximate surface area is 150 Å². The minimum atomic E-state index is -0.0911. The maximum atomic E-state index is 12.5. The number of Topliss-reactive ketones (excluding diaryl/α,β-unsaturated/α-hetero) is 2. The summed E-state index contributed by atoms with van der Waals surface area (Å²) in [5, 5.41) is 0. The van der Waals surface area contributed by atoms with Crippen molar-refractivity contribution in [3.05, 3.63) is 11.6 Å². The van der Waals surface area contributed by atoms with Gasteiger partial charge >= 0.3 is 0 Å². The molecule has 2 nitrogen and oxygen atoms in total. The van der Waals surface area contributed by atoms with Crippen molar-refractivity contribution in [1.29, 1.82) is 0 Å². The van der Waals surface area contributed by atoms with Crippen LogP contribution >= 0.6 is 11.8 Å². The van der Waals surface area contributed by atoms with Gasteiger partial charge in [0.25, 0.3) is 0 Å². The Bertz CT molecular complexity index is 595. The van der Waals surface area contributed by atoms with Gasteiger partial charge in [0.15, 0.2) is 0 Å². The fourth-order valence-electron chi connectivity index (χ4n) is 6.66. The average Bonchev–Trinajstić information content (AvgIpc) is 2.88. The molecule has 0 spiro atoms. The van der Waals surface area contributed by atoms with E-state index in [4.69, 9.17) is 0 Å². The maximum Gasteiger partial charge on any atom is 0.139 e. The first-order valence-corrected chi connectivity index (χ1v) is 11.1. The van der Waals surface area contributed by atoms with Crippen LogP contribution in [0.4, 0.5) is 0 Å². The van der Waals surface area contributed by atoms with E-state index in [0.29, 0.717) is 29.3 Å². The maximum absolute atomic E-state index is 12.5. The highest BCUT2D eigenvalue weighted by Crippen LogP contribution is 2.64. The van der Waals surface area contributed by atoms with Crippen LogP contribution in [0.5, 0.6) is 0 Å². The third-order valence-electron chi connectivity index (χ3n) is 8.03. The molecule has 0 saturated heterocycles. The molecule has 3 heteroatoms. The Hall–Kier alpha value is -0.570. The summed E-state index contributed by atoms with van der Waals surface area (Å²) in [7, 11) is 0. The molecule has 4 rings (SSSR count). The van der Waals surface area contributed by atoms with Gasteiger partial charge in [0.05, 0.1) is 0 Å². The van der Waals surface area contributed by atoms with Gasteiger partial charge < -0.3 is 0 Å². The summed E-state index contributed by atoms with van der Waals surface area (Å²) in [5.41, 5.74) is 1.86. The van der Waals surface area contributed by atoms with Gasteiger partial charge in [-0.1, -0.05) is 18.6 Å². The van der Waals surface area contributed by atoms with Crippen LogP contribution in [0.1, 0.15) is 64.7 Å². The van der Waals surface area contributed by atoms with Crippen molar-refractivity contribution < 1.29 is 9.59 Å². The minimum absolute atomic E-state index is 0.0911. The molecule has 0 aromatic carbocycles. The van der Waals surface area contributed by atoms with Crippen LogP contribution in [-0.2, 0) is 9.59 Å². The lowest BCUT2D eigenvalue weighted by molar-refractivity contribution is -0.128. The van der Waals surface area contributed by atoms with Gasteiger partial charge in [-0.25, -0.2) is 0 Å². The number of hydrogen-bond donors (Lipinski definition) is 0. The standard InChI is InChI=1S/C21H30O2S/c1-20-9-8-18-16(17(20)5-6-19(20)23)4-3-14-13-15(22)7-10-21(14,18)11-12-24-2/h8,14,16-17H,3-7,9-13H2,1-2H3/t14?,16-,17-,20-,21+/m0/s1. The third kappa shape index (κ3) is 2.29. The number of carbonyl (C=O) groups is 2. The Morgan fingerprint density at radius 3 is 2.83 bits per heavy atom. The summed E-state index contributed by atoms with van der Waals surface area (Å²) in [6, 6.07) is 0. The molecule has 3 saturated carbocycles. The Kier molecular flexibility index (Phi) is 4.22. The summed E-state index contributed by atoms with van der Waals surface area (Å²) in [6.45, 7) is 2.23. The van der Waals surface area contributed by atoms with Crippen LogP contribution in [0.3, 0.4) is 0 Å². The van der Waals surface area contributed by atoms with Crippen LogP contribution in [0.15, 0.2) is 11.6 Å². The number of rotatable bonds is 3. The van der Waals surface area contributed by atoms with Crippen molar-refractivity contribution >= 4 is 23.3 Å². The van der Waals surface area contributed by atoms with Gasteiger partial charge in [0.1, 0.15) is 11.6 Å². The fourth-order valence-corrected chi connectivity index (χ4v) is 7.23. The molecular weight excluding hydrogens is 316 g/mol. The molecule has 0 bridgehead atoms. The van der Waals surface area contributed by atoms with Crippen molar-refractivity contribution in [1.82, 2.24) is 0 Å². The third-order valence-corrected chi connectivity index (χ3v) is 8.64. The number of hydrogen-bond acceptors (Lipinski definition) is 3. The Balaban J connectivity index is 1.72. The molecule has 132 valence electrons. The van der Waals surface area contributed by atoms with E-state index < -0.39 is 0 Å². The van der Waals surface area contributed by atoms with Crippen molar-refractivity contribution in [2.45, 2.75) is 64.7 Å². The first-order chi connectivity index (χ1) is 11.5. The summed E-state index contributed by atoms with van der Waals surface area (Å²) in [4.78, 5) is 24.6. The number of ketones is 2. The zero-order valence-corrected chi connectivity index (χ0v) is 15.9. The molecule has 0 N–H and O–H groups in total. The van der Waals surface area contributed by atoms with Crippen molar-refractivity contribution in [2.24, 2.45) is 28.6 Å². The summed E-state index contributed by atoms with van der Waals surface area (Å²) >= 11 is 1.94. The van der Waals surface area contributed by atoms with Crippen molar-refractivity contribution in [3.8, 4) is 0 Å². The van der Waals surface area contributed by atoms with Gasteiger partial charge in [-0.2, -0.15) is 11.8 Å². The van der Waals surface area contributed by atoms with E-state index in [1.807, 2.05) is 11.8 Å². The van der Waals surface area contributed by atoms with Gasteiger partial charge in [-0.15, -0.1) is 0 Å². The first-order valence-electron chi connectivity index (χ1n) is 9.76. The van der Waals surface area contributed by atoms with E-state index in [9.17, 15) is 9.59 Å². The van der Waals surface area contributed by atoms with E-state index in [2.05, 4.69) is 19.3 Å². The fraction of sp³-hybridized carbons (Fsp3) is 0.810. The topological polar surface area (TPSA) is 34.1 Å². The summed E-state index contributed by atoms with van der Waals surface area (Å²) < 4.78 is 0. The number of fused-ring (bicyclic) bond motifs is 5. The van der Waals surface area contributed by atoms with Crippen LogP contribution < -0.4 is 0 Å². The monoisotopic (exact) mass is 346 g/mol.